The van der Waals surface area contributed by atoms with Gasteiger partial charge in [-0.15, -0.1) is 5.10 Å². The Kier molecular flexibility index (Phi) is 6.65. The van der Waals surface area contributed by atoms with Gasteiger partial charge in [0.1, 0.15) is 5.82 Å². The van der Waals surface area contributed by atoms with Gasteiger partial charge in [-0.3, -0.25) is 0 Å². The minimum absolute atomic E-state index is 0.300. The highest BCUT2D eigenvalue weighted by Gasteiger charge is 2.13. The normalized spacial score (nSPS) is 11.0. The lowest BCUT2D eigenvalue weighted by atomic mass is 9.99. The maximum atomic E-state index is 11.5. The zero-order valence-electron chi connectivity index (χ0n) is 17.1. The lowest BCUT2D eigenvalue weighted by Crippen LogP contribution is -2.08. The fourth-order valence-electron chi connectivity index (χ4n) is 3.16. The maximum Gasteiger partial charge on any atom is 0.336 e. The number of ether oxygens (including phenoxy) is 1. The van der Waals surface area contributed by atoms with Gasteiger partial charge in [0, 0.05) is 6.42 Å². The van der Waals surface area contributed by atoms with Crippen LogP contribution >= 0.6 is 0 Å². The van der Waals surface area contributed by atoms with Crippen molar-refractivity contribution in [2.45, 2.75) is 40.2 Å². The number of benzene rings is 2. The Morgan fingerprint density at radius 1 is 1.14 bits per heavy atom. The van der Waals surface area contributed by atoms with Gasteiger partial charge in [0.25, 0.3) is 0 Å². The molecule has 3 rings (SSSR count). The Balaban J connectivity index is 1.82. The number of hydrogen-bond donors (Lipinski definition) is 1. The van der Waals surface area contributed by atoms with Crippen LogP contribution in [-0.4, -0.2) is 32.4 Å². The number of carboxylic acid groups (broad SMARTS) is 1. The molecule has 0 aliphatic rings. The Morgan fingerprint density at radius 3 is 2.52 bits per heavy atom. The van der Waals surface area contributed by atoms with Crippen molar-refractivity contribution in [3.05, 3.63) is 65.5 Å². The molecule has 0 saturated carbocycles. The third-order valence-corrected chi connectivity index (χ3v) is 4.70. The molecule has 29 heavy (non-hydrogen) atoms. The number of nitrogens with zero attached hydrogens (tertiary/aromatic N) is 3. The lowest BCUT2D eigenvalue weighted by Gasteiger charge is -2.09. The predicted octanol–water partition coefficient (Wildman–Crippen LogP) is 4.68. The summed E-state index contributed by atoms with van der Waals surface area (Å²) in [6.45, 7) is 7.43. The molecule has 2 aromatic carbocycles. The van der Waals surface area contributed by atoms with Crippen molar-refractivity contribution < 1.29 is 14.6 Å². The second-order valence-corrected chi connectivity index (χ2v) is 7.38. The molecule has 0 bridgehead atoms. The van der Waals surface area contributed by atoms with E-state index in [2.05, 4.69) is 23.9 Å². The molecular formula is C23H27N3O3. The molecule has 1 aromatic heterocycles. The maximum absolute atomic E-state index is 11.5. The molecule has 0 aliphatic heterocycles. The highest BCUT2D eigenvalue weighted by molar-refractivity contribution is 5.95. The highest BCUT2D eigenvalue weighted by atomic mass is 16.5. The van der Waals surface area contributed by atoms with Crippen molar-refractivity contribution in [2.75, 3.05) is 6.61 Å². The van der Waals surface area contributed by atoms with Crippen LogP contribution in [0, 0.1) is 5.92 Å². The second-order valence-electron chi connectivity index (χ2n) is 7.38. The molecule has 0 unspecified atom stereocenters. The molecule has 0 spiro atoms. The summed E-state index contributed by atoms with van der Waals surface area (Å²) >= 11 is 0. The third kappa shape index (κ3) is 5.22. The van der Waals surface area contributed by atoms with Crippen molar-refractivity contribution in [1.82, 2.24) is 14.8 Å². The van der Waals surface area contributed by atoms with Crippen molar-refractivity contribution in [3.63, 3.8) is 0 Å². The van der Waals surface area contributed by atoms with E-state index < -0.39 is 5.97 Å². The average molecular weight is 393 g/mol. The van der Waals surface area contributed by atoms with E-state index in [9.17, 15) is 9.90 Å². The SMILES string of the molecule is CCOc1nc(CCC(C)C)n(Cc2ccc(-c3ccccc3C(=O)O)cc2)n1. The molecule has 0 atom stereocenters. The van der Waals surface area contributed by atoms with Crippen LogP contribution < -0.4 is 4.74 Å². The van der Waals surface area contributed by atoms with Crippen LogP contribution in [0.3, 0.4) is 0 Å². The van der Waals surface area contributed by atoms with Gasteiger partial charge in [0.15, 0.2) is 0 Å². The Bertz CT molecular complexity index is 962. The first-order chi connectivity index (χ1) is 14.0. The summed E-state index contributed by atoms with van der Waals surface area (Å²) < 4.78 is 7.38. The number of aromatic carboxylic acids is 1. The first-order valence-corrected chi connectivity index (χ1v) is 9.96. The number of hydrogen-bond acceptors (Lipinski definition) is 4. The number of rotatable bonds is 9. The minimum Gasteiger partial charge on any atom is -0.478 e. The minimum atomic E-state index is -0.925. The molecule has 152 valence electrons. The lowest BCUT2D eigenvalue weighted by molar-refractivity contribution is 0.0697. The van der Waals surface area contributed by atoms with E-state index in [0.29, 0.717) is 36.2 Å². The Morgan fingerprint density at radius 2 is 1.86 bits per heavy atom. The molecule has 3 aromatic rings. The number of aromatic nitrogens is 3. The van der Waals surface area contributed by atoms with E-state index in [4.69, 9.17) is 4.74 Å². The zero-order chi connectivity index (χ0) is 20.8. The van der Waals surface area contributed by atoms with E-state index in [1.165, 1.54) is 0 Å². The number of carbonyl (C=O) groups is 1. The van der Waals surface area contributed by atoms with E-state index in [1.807, 2.05) is 48.0 Å². The molecule has 0 saturated heterocycles. The molecule has 1 heterocycles. The van der Waals surface area contributed by atoms with Gasteiger partial charge in [-0.2, -0.15) is 4.98 Å². The summed E-state index contributed by atoms with van der Waals surface area (Å²) in [6, 6.07) is 15.4. The summed E-state index contributed by atoms with van der Waals surface area (Å²) in [5.74, 6) is 0.581. The molecule has 0 amide bonds. The molecule has 6 heteroatoms. The Hall–Kier alpha value is -3.15. The third-order valence-electron chi connectivity index (χ3n) is 4.70. The molecule has 0 aliphatic carbocycles. The van der Waals surface area contributed by atoms with E-state index >= 15 is 0 Å². The fourth-order valence-corrected chi connectivity index (χ4v) is 3.16. The van der Waals surface area contributed by atoms with Gasteiger partial charge in [-0.1, -0.05) is 56.3 Å². The first kappa shape index (κ1) is 20.6. The summed E-state index contributed by atoms with van der Waals surface area (Å²) in [7, 11) is 0. The van der Waals surface area contributed by atoms with Gasteiger partial charge in [0.05, 0.1) is 18.7 Å². The van der Waals surface area contributed by atoms with E-state index in [-0.39, 0.29) is 0 Å². The van der Waals surface area contributed by atoms with E-state index in [0.717, 1.165) is 29.8 Å². The van der Waals surface area contributed by atoms with Crippen molar-refractivity contribution in [2.24, 2.45) is 5.92 Å². The fraction of sp³-hybridized carbons (Fsp3) is 0.348. The largest absolute Gasteiger partial charge is 0.478 e. The van der Waals surface area contributed by atoms with Crippen LogP contribution in [0.4, 0.5) is 0 Å². The van der Waals surface area contributed by atoms with Gasteiger partial charge in [-0.05, 0) is 42.0 Å². The Labute approximate surface area is 171 Å². The predicted molar refractivity (Wildman–Crippen MR) is 112 cm³/mol. The number of aryl methyl sites for hydroxylation is 1. The standard InChI is InChI=1S/C23H27N3O3/c1-4-29-23-24-21(14-9-16(2)3)26(25-23)15-17-10-12-18(13-11-17)19-7-5-6-8-20(19)22(27)28/h5-8,10-13,16H,4,9,14-15H2,1-3H3,(H,27,28). The average Bonchev–Trinajstić information content (AvgIpc) is 3.08. The topological polar surface area (TPSA) is 77.2 Å². The van der Waals surface area contributed by atoms with Gasteiger partial charge < -0.3 is 9.84 Å². The summed E-state index contributed by atoms with van der Waals surface area (Å²) in [5.41, 5.74) is 2.96. The zero-order valence-corrected chi connectivity index (χ0v) is 17.1. The summed E-state index contributed by atoms with van der Waals surface area (Å²) in [4.78, 5) is 16.0. The number of carboxylic acids is 1. The quantitative estimate of drug-likeness (QED) is 0.571. The van der Waals surface area contributed by atoms with Crippen LogP contribution in [0.25, 0.3) is 11.1 Å². The van der Waals surface area contributed by atoms with Crippen LogP contribution in [0.2, 0.25) is 0 Å². The smallest absolute Gasteiger partial charge is 0.336 e. The summed E-state index contributed by atoms with van der Waals surface area (Å²) in [6.07, 6.45) is 1.89. The van der Waals surface area contributed by atoms with Crippen LogP contribution in [-0.2, 0) is 13.0 Å². The molecule has 6 nitrogen and oxygen atoms in total. The van der Waals surface area contributed by atoms with Crippen LogP contribution in [0.15, 0.2) is 48.5 Å². The van der Waals surface area contributed by atoms with E-state index in [1.54, 1.807) is 12.1 Å². The molecular weight excluding hydrogens is 366 g/mol. The summed E-state index contributed by atoms with van der Waals surface area (Å²) in [5, 5.41) is 13.9. The first-order valence-electron chi connectivity index (χ1n) is 9.96. The van der Waals surface area contributed by atoms with Gasteiger partial charge >= 0.3 is 12.0 Å². The molecule has 0 fully saturated rings. The van der Waals surface area contributed by atoms with Crippen molar-refractivity contribution >= 4 is 5.97 Å². The molecule has 0 radical (unpaired) electrons. The second kappa shape index (κ2) is 9.37. The van der Waals surface area contributed by atoms with Gasteiger partial charge in [-0.25, -0.2) is 9.48 Å². The van der Waals surface area contributed by atoms with Gasteiger partial charge in [0.2, 0.25) is 0 Å². The monoisotopic (exact) mass is 393 g/mol. The van der Waals surface area contributed by atoms with Crippen molar-refractivity contribution in [1.29, 1.82) is 0 Å². The van der Waals surface area contributed by atoms with Crippen LogP contribution in [0.1, 0.15) is 48.9 Å². The highest BCUT2D eigenvalue weighted by Crippen LogP contribution is 2.24. The van der Waals surface area contributed by atoms with Crippen molar-refractivity contribution in [3.8, 4) is 17.1 Å². The molecule has 1 N–H and O–H groups in total. The van der Waals surface area contributed by atoms with Crippen LogP contribution in [0.5, 0.6) is 6.01 Å².